The number of rotatable bonds is 5. The second-order valence-corrected chi connectivity index (χ2v) is 7.21. The maximum atomic E-state index is 12.4. The summed E-state index contributed by atoms with van der Waals surface area (Å²) in [6.45, 7) is 10.8. The van der Waals surface area contributed by atoms with E-state index in [-0.39, 0.29) is 6.61 Å². The molecule has 2 aromatic heterocycles. The van der Waals surface area contributed by atoms with Crippen molar-refractivity contribution in [2.75, 3.05) is 18.5 Å². The number of benzene rings is 1. The molecule has 3 aromatic rings. The lowest BCUT2D eigenvalue weighted by Crippen LogP contribution is -2.29. The fourth-order valence-electron chi connectivity index (χ4n) is 3.25. The number of ether oxygens (including phenoxy) is 1. The highest BCUT2D eigenvalue weighted by Gasteiger charge is 2.22. The second kappa shape index (κ2) is 8.57. The van der Waals surface area contributed by atoms with Crippen LogP contribution in [-0.4, -0.2) is 39.0 Å². The van der Waals surface area contributed by atoms with Crippen LogP contribution in [0.3, 0.4) is 0 Å². The van der Waals surface area contributed by atoms with E-state index in [0.29, 0.717) is 28.9 Å². The lowest BCUT2D eigenvalue weighted by atomic mass is 10.0. The monoisotopic (exact) mass is 411 g/mol. The van der Waals surface area contributed by atoms with Gasteiger partial charge in [0.2, 0.25) is 0 Å². The van der Waals surface area contributed by atoms with Crippen molar-refractivity contribution in [1.82, 2.24) is 20.1 Å². The van der Waals surface area contributed by atoms with Crippen LogP contribution >= 0.6 is 12.2 Å². The van der Waals surface area contributed by atoms with Crippen LogP contribution in [0.5, 0.6) is 0 Å². The van der Waals surface area contributed by atoms with Crippen molar-refractivity contribution in [1.29, 1.82) is 0 Å². The molecule has 0 unspecified atom stereocenters. The topological polar surface area (TPSA) is 81.1 Å². The van der Waals surface area contributed by atoms with Gasteiger partial charge in [0.05, 0.1) is 18.3 Å². The smallest absolute Gasteiger partial charge is 0.343 e. The summed E-state index contributed by atoms with van der Waals surface area (Å²) in [5.74, 6) is 0.551. The van der Waals surface area contributed by atoms with Gasteiger partial charge in [0.15, 0.2) is 16.7 Å². The average Bonchev–Trinajstić information content (AvgIpc) is 3.06. The number of aryl methyl sites for hydroxylation is 3. The SMILES string of the molecule is CCNC(=S)Nc1c(C(=O)OCC)cnn1-c1cc(C)c2cc(C)cc(C)c2n1. The third-order valence-electron chi connectivity index (χ3n) is 4.49. The highest BCUT2D eigenvalue weighted by atomic mass is 32.1. The molecule has 0 aliphatic rings. The minimum Gasteiger partial charge on any atom is -0.462 e. The highest BCUT2D eigenvalue weighted by Crippen LogP contribution is 2.27. The van der Waals surface area contributed by atoms with E-state index < -0.39 is 5.97 Å². The van der Waals surface area contributed by atoms with Gasteiger partial charge in [-0.05, 0) is 70.1 Å². The molecule has 0 aliphatic heterocycles. The Hall–Kier alpha value is -3.00. The predicted octanol–water partition coefficient (Wildman–Crippen LogP) is 3.83. The Kier molecular flexibility index (Phi) is 6.12. The summed E-state index contributed by atoms with van der Waals surface area (Å²) < 4.78 is 6.75. The molecule has 0 aliphatic carbocycles. The molecular formula is C21H25N5O2S. The summed E-state index contributed by atoms with van der Waals surface area (Å²) in [4.78, 5) is 17.2. The standard InChI is InChI=1S/C21H25N5O2S/c1-6-22-21(29)25-19-16(20(27)28-7-2)11-23-26(19)17-10-13(4)15-9-12(3)8-14(5)18(15)24-17/h8-11H,6-7H2,1-5H3,(H2,22,25,29). The fraction of sp³-hybridized carbons (Fsp3) is 0.333. The molecule has 2 N–H and O–H groups in total. The molecule has 8 heteroatoms. The van der Waals surface area contributed by atoms with E-state index >= 15 is 0 Å². The Balaban J connectivity index is 2.17. The molecule has 0 spiro atoms. The third kappa shape index (κ3) is 4.22. The first-order valence-electron chi connectivity index (χ1n) is 9.54. The van der Waals surface area contributed by atoms with Crippen LogP contribution in [-0.2, 0) is 4.74 Å². The maximum absolute atomic E-state index is 12.4. The van der Waals surface area contributed by atoms with E-state index in [1.165, 1.54) is 11.8 Å². The van der Waals surface area contributed by atoms with E-state index in [0.717, 1.165) is 22.0 Å². The number of aromatic nitrogens is 3. The molecule has 0 bridgehead atoms. The Morgan fingerprint density at radius 1 is 1.17 bits per heavy atom. The maximum Gasteiger partial charge on any atom is 0.343 e. The van der Waals surface area contributed by atoms with Gasteiger partial charge in [0.1, 0.15) is 5.56 Å². The molecule has 0 radical (unpaired) electrons. The zero-order chi connectivity index (χ0) is 21.1. The second-order valence-electron chi connectivity index (χ2n) is 6.80. The van der Waals surface area contributed by atoms with E-state index in [9.17, 15) is 4.79 Å². The average molecular weight is 412 g/mol. The molecule has 0 saturated heterocycles. The van der Waals surface area contributed by atoms with Crippen molar-refractivity contribution in [3.05, 3.63) is 46.6 Å². The lowest BCUT2D eigenvalue weighted by molar-refractivity contribution is 0.0527. The van der Waals surface area contributed by atoms with Gasteiger partial charge in [0.25, 0.3) is 0 Å². The summed E-state index contributed by atoms with van der Waals surface area (Å²) in [5.41, 5.74) is 4.55. The molecule has 1 aromatic carbocycles. The molecule has 7 nitrogen and oxygen atoms in total. The number of hydrogen-bond donors (Lipinski definition) is 2. The van der Waals surface area contributed by atoms with Gasteiger partial charge in [-0.15, -0.1) is 0 Å². The number of thiocarbonyl (C=S) groups is 1. The zero-order valence-electron chi connectivity index (χ0n) is 17.3. The van der Waals surface area contributed by atoms with Crippen LogP contribution in [0.1, 0.15) is 40.9 Å². The van der Waals surface area contributed by atoms with Crippen molar-refractivity contribution in [2.24, 2.45) is 0 Å². The Morgan fingerprint density at radius 3 is 2.62 bits per heavy atom. The van der Waals surface area contributed by atoms with Crippen molar-refractivity contribution in [3.63, 3.8) is 0 Å². The predicted molar refractivity (Wildman–Crippen MR) is 119 cm³/mol. The summed E-state index contributed by atoms with van der Waals surface area (Å²) in [6.07, 6.45) is 1.47. The normalized spacial score (nSPS) is 10.8. The highest BCUT2D eigenvalue weighted by molar-refractivity contribution is 7.80. The van der Waals surface area contributed by atoms with Gasteiger partial charge < -0.3 is 15.4 Å². The van der Waals surface area contributed by atoms with E-state index in [4.69, 9.17) is 21.9 Å². The number of carbonyl (C=O) groups is 1. The largest absolute Gasteiger partial charge is 0.462 e. The Labute approximate surface area is 175 Å². The number of anilines is 1. The summed E-state index contributed by atoms with van der Waals surface area (Å²) in [6, 6.07) is 6.18. The number of hydrogen-bond acceptors (Lipinski definition) is 5. The van der Waals surface area contributed by atoms with Gasteiger partial charge in [-0.25, -0.2) is 9.78 Å². The van der Waals surface area contributed by atoms with Crippen LogP contribution in [0.4, 0.5) is 5.82 Å². The Bertz CT molecular complexity index is 1090. The fourth-order valence-corrected chi connectivity index (χ4v) is 3.49. The van der Waals surface area contributed by atoms with Crippen LogP contribution in [0.15, 0.2) is 24.4 Å². The number of nitrogens with one attached hydrogen (secondary N) is 2. The van der Waals surface area contributed by atoms with Gasteiger partial charge in [-0.2, -0.15) is 9.78 Å². The summed E-state index contributed by atoms with van der Waals surface area (Å²) in [5, 5.41) is 12.0. The number of nitrogens with zero attached hydrogens (tertiary/aromatic N) is 3. The van der Waals surface area contributed by atoms with Gasteiger partial charge in [0, 0.05) is 11.9 Å². The number of fused-ring (bicyclic) bond motifs is 1. The van der Waals surface area contributed by atoms with E-state index in [1.54, 1.807) is 11.6 Å². The van der Waals surface area contributed by atoms with Crippen LogP contribution in [0.2, 0.25) is 0 Å². The molecule has 3 rings (SSSR count). The van der Waals surface area contributed by atoms with E-state index in [1.807, 2.05) is 26.8 Å². The zero-order valence-corrected chi connectivity index (χ0v) is 18.1. The van der Waals surface area contributed by atoms with Crippen molar-refractivity contribution in [2.45, 2.75) is 34.6 Å². The van der Waals surface area contributed by atoms with Crippen LogP contribution < -0.4 is 10.6 Å². The molecule has 0 fully saturated rings. The Morgan fingerprint density at radius 2 is 1.93 bits per heavy atom. The minimum absolute atomic E-state index is 0.271. The molecule has 152 valence electrons. The van der Waals surface area contributed by atoms with Crippen molar-refractivity contribution < 1.29 is 9.53 Å². The molecule has 0 amide bonds. The molecular weight excluding hydrogens is 386 g/mol. The quantitative estimate of drug-likeness (QED) is 0.488. The number of esters is 1. The first-order chi connectivity index (χ1) is 13.8. The molecule has 29 heavy (non-hydrogen) atoms. The first-order valence-corrected chi connectivity index (χ1v) is 9.95. The van der Waals surface area contributed by atoms with Crippen LogP contribution in [0, 0.1) is 20.8 Å². The van der Waals surface area contributed by atoms with Crippen molar-refractivity contribution >= 4 is 40.0 Å². The summed E-state index contributed by atoms with van der Waals surface area (Å²) >= 11 is 5.32. The van der Waals surface area contributed by atoms with Gasteiger partial charge in [-0.3, -0.25) is 0 Å². The number of pyridine rings is 1. The van der Waals surface area contributed by atoms with Crippen molar-refractivity contribution in [3.8, 4) is 5.82 Å². The molecule has 0 saturated carbocycles. The lowest BCUT2D eigenvalue weighted by Gasteiger charge is -2.14. The van der Waals surface area contributed by atoms with E-state index in [2.05, 4.69) is 34.8 Å². The molecule has 0 atom stereocenters. The van der Waals surface area contributed by atoms with Gasteiger partial charge >= 0.3 is 5.97 Å². The molecule has 2 heterocycles. The van der Waals surface area contributed by atoms with Gasteiger partial charge in [-0.1, -0.05) is 11.6 Å². The third-order valence-corrected chi connectivity index (χ3v) is 4.74. The first kappa shape index (κ1) is 20.7. The number of carbonyl (C=O) groups excluding carboxylic acids is 1. The summed E-state index contributed by atoms with van der Waals surface area (Å²) in [7, 11) is 0. The minimum atomic E-state index is -0.468. The van der Waals surface area contributed by atoms with Crippen LogP contribution in [0.25, 0.3) is 16.7 Å².